The average Bonchev–Trinajstić information content (AvgIpc) is 2.45. The molecule has 1 aromatic heterocycles. The lowest BCUT2D eigenvalue weighted by Crippen LogP contribution is -2.35. The van der Waals surface area contributed by atoms with Crippen LogP contribution in [0.1, 0.15) is 39.3 Å². The molecular formula is C15H24N2O4S. The average molecular weight is 328 g/mol. The molecule has 0 saturated carbocycles. The lowest BCUT2D eigenvalue weighted by atomic mass is 10.3. The fourth-order valence-electron chi connectivity index (χ4n) is 1.70. The second-order valence-corrected chi connectivity index (χ2v) is 6.60. The Labute approximate surface area is 133 Å². The highest BCUT2D eigenvalue weighted by Gasteiger charge is 2.12. The van der Waals surface area contributed by atoms with Gasteiger partial charge < -0.3 is 15.0 Å². The van der Waals surface area contributed by atoms with Crippen LogP contribution in [0.3, 0.4) is 0 Å². The minimum atomic E-state index is -1.36. The maximum Gasteiger partial charge on any atom is 0.232 e. The van der Waals surface area contributed by atoms with Crippen LogP contribution in [0, 0.1) is 0 Å². The molecule has 0 radical (unpaired) electrons. The number of H-pyrrole nitrogens is 1. The van der Waals surface area contributed by atoms with E-state index >= 15 is 0 Å². The first-order chi connectivity index (χ1) is 10.5. The van der Waals surface area contributed by atoms with Crippen molar-refractivity contribution < 1.29 is 13.7 Å². The van der Waals surface area contributed by atoms with Gasteiger partial charge in [0.2, 0.25) is 11.3 Å². The quantitative estimate of drug-likeness (QED) is 0.716. The first-order valence-corrected chi connectivity index (χ1v) is 8.93. The van der Waals surface area contributed by atoms with Gasteiger partial charge in [0.05, 0.1) is 12.4 Å². The highest BCUT2D eigenvalue weighted by Crippen LogP contribution is 2.05. The number of hydrogen-bond acceptors (Lipinski definition) is 4. The molecule has 1 aromatic rings. The Hall–Kier alpha value is -1.63. The number of amides is 1. The van der Waals surface area contributed by atoms with Crippen LogP contribution in [0.4, 0.5) is 0 Å². The maximum atomic E-state index is 12.0. The lowest BCUT2D eigenvalue weighted by molar-refractivity contribution is -0.119. The van der Waals surface area contributed by atoms with E-state index in [2.05, 4.69) is 10.3 Å². The fourth-order valence-corrected chi connectivity index (χ4v) is 2.69. The second-order valence-electron chi connectivity index (χ2n) is 5.14. The number of pyridine rings is 1. The minimum absolute atomic E-state index is 0.0688. The summed E-state index contributed by atoms with van der Waals surface area (Å²) in [7, 11) is -1.36. The molecular weight excluding hydrogens is 304 g/mol. The van der Waals surface area contributed by atoms with Gasteiger partial charge in [-0.2, -0.15) is 0 Å². The molecule has 1 amide bonds. The Bertz CT molecular complexity index is 571. The van der Waals surface area contributed by atoms with E-state index in [0.29, 0.717) is 12.3 Å². The third-order valence-corrected chi connectivity index (χ3v) is 4.24. The van der Waals surface area contributed by atoms with Crippen LogP contribution >= 0.6 is 0 Å². The van der Waals surface area contributed by atoms with Crippen LogP contribution in [0.2, 0.25) is 0 Å². The Morgan fingerprint density at radius 3 is 2.77 bits per heavy atom. The highest BCUT2D eigenvalue weighted by atomic mass is 32.2. The van der Waals surface area contributed by atoms with Crippen LogP contribution in [-0.2, 0) is 21.3 Å². The van der Waals surface area contributed by atoms with Gasteiger partial charge in [-0.05, 0) is 19.8 Å². The van der Waals surface area contributed by atoms with Crippen molar-refractivity contribution in [1.29, 1.82) is 0 Å². The number of ether oxygens (including phenoxy) is 1. The van der Waals surface area contributed by atoms with Crippen molar-refractivity contribution in [3.8, 4) is 5.75 Å². The largest absolute Gasteiger partial charge is 0.488 e. The molecule has 1 heterocycles. The molecule has 124 valence electrons. The molecule has 0 saturated heterocycles. The molecule has 6 nitrogen and oxygen atoms in total. The summed E-state index contributed by atoms with van der Waals surface area (Å²) in [6, 6.07) is 1.44. The summed E-state index contributed by atoms with van der Waals surface area (Å²) in [5.41, 5.74) is 0.284. The third-order valence-electron chi connectivity index (χ3n) is 3.03. The first-order valence-electron chi connectivity index (χ1n) is 7.45. The SMILES string of the molecule is CCCOc1c[nH]c(CS(=O)CC(=O)NC(C)CC)cc1=O. The van der Waals surface area contributed by atoms with Gasteiger partial charge in [0.15, 0.2) is 5.75 Å². The van der Waals surface area contributed by atoms with E-state index in [1.165, 1.54) is 12.3 Å². The highest BCUT2D eigenvalue weighted by molar-refractivity contribution is 7.84. The Kier molecular flexibility index (Phi) is 7.87. The normalized spacial score (nSPS) is 13.4. The van der Waals surface area contributed by atoms with Gasteiger partial charge in [-0.15, -0.1) is 0 Å². The molecule has 0 fully saturated rings. The summed E-state index contributed by atoms with van der Waals surface area (Å²) < 4.78 is 17.2. The topological polar surface area (TPSA) is 88.3 Å². The van der Waals surface area contributed by atoms with Crippen molar-refractivity contribution in [2.45, 2.75) is 45.4 Å². The van der Waals surface area contributed by atoms with Crippen molar-refractivity contribution in [2.24, 2.45) is 0 Å². The molecule has 2 N–H and O–H groups in total. The Balaban J connectivity index is 2.56. The van der Waals surface area contributed by atoms with Crippen LogP contribution in [-0.4, -0.2) is 33.5 Å². The number of hydrogen-bond donors (Lipinski definition) is 2. The number of rotatable bonds is 9. The monoisotopic (exact) mass is 328 g/mol. The van der Waals surface area contributed by atoms with Crippen LogP contribution in [0.25, 0.3) is 0 Å². The molecule has 0 spiro atoms. The number of nitrogens with one attached hydrogen (secondary N) is 2. The van der Waals surface area contributed by atoms with E-state index in [0.717, 1.165) is 12.8 Å². The van der Waals surface area contributed by atoms with Gasteiger partial charge >= 0.3 is 0 Å². The summed E-state index contributed by atoms with van der Waals surface area (Å²) in [4.78, 5) is 26.4. The van der Waals surface area contributed by atoms with Crippen molar-refractivity contribution >= 4 is 16.7 Å². The van der Waals surface area contributed by atoms with Gasteiger partial charge in [-0.3, -0.25) is 13.8 Å². The number of carbonyl (C=O) groups is 1. The van der Waals surface area contributed by atoms with E-state index < -0.39 is 10.8 Å². The van der Waals surface area contributed by atoms with E-state index in [1.807, 2.05) is 20.8 Å². The third kappa shape index (κ3) is 6.43. The minimum Gasteiger partial charge on any atom is -0.488 e. The molecule has 22 heavy (non-hydrogen) atoms. The zero-order valence-electron chi connectivity index (χ0n) is 13.3. The lowest BCUT2D eigenvalue weighted by Gasteiger charge is -2.11. The number of aromatic nitrogens is 1. The Morgan fingerprint density at radius 2 is 2.18 bits per heavy atom. The first kappa shape index (κ1) is 18.4. The van der Waals surface area contributed by atoms with Gasteiger partial charge in [-0.1, -0.05) is 13.8 Å². The molecule has 0 bridgehead atoms. The molecule has 7 heteroatoms. The molecule has 0 aromatic carbocycles. The molecule has 2 unspecified atom stereocenters. The molecule has 2 atom stereocenters. The van der Waals surface area contributed by atoms with Gasteiger partial charge in [0.25, 0.3) is 0 Å². The van der Waals surface area contributed by atoms with E-state index in [-0.39, 0.29) is 34.6 Å². The predicted molar refractivity (Wildman–Crippen MR) is 87.5 cm³/mol. The van der Waals surface area contributed by atoms with E-state index in [1.54, 1.807) is 0 Å². The fraction of sp³-hybridized carbons (Fsp3) is 0.600. The summed E-state index contributed by atoms with van der Waals surface area (Å²) in [5, 5.41) is 2.77. The van der Waals surface area contributed by atoms with E-state index in [4.69, 9.17) is 4.74 Å². The van der Waals surface area contributed by atoms with Crippen LogP contribution in [0.15, 0.2) is 17.1 Å². The van der Waals surface area contributed by atoms with Crippen LogP contribution in [0.5, 0.6) is 5.75 Å². The predicted octanol–water partition coefficient (Wildman–Crippen LogP) is 1.33. The van der Waals surface area contributed by atoms with Crippen molar-refractivity contribution in [1.82, 2.24) is 10.3 Å². The standard InChI is InChI=1S/C15H24N2O4S/c1-4-6-21-14-8-16-12(7-13(14)18)9-22(20)10-15(19)17-11(3)5-2/h7-8,11H,4-6,9-10H2,1-3H3,(H,16,18)(H,17,19). The molecule has 0 aliphatic carbocycles. The molecule has 0 aliphatic heterocycles. The van der Waals surface area contributed by atoms with Gasteiger partial charge in [-0.25, -0.2) is 0 Å². The smallest absolute Gasteiger partial charge is 0.232 e. The summed E-state index contributed by atoms with van der Waals surface area (Å²) in [6.45, 7) is 6.29. The second kappa shape index (κ2) is 9.40. The van der Waals surface area contributed by atoms with Gasteiger partial charge in [0.1, 0.15) is 5.75 Å². The summed E-state index contributed by atoms with van der Waals surface area (Å²) in [5.74, 6) is 0.0846. The van der Waals surface area contributed by atoms with Gasteiger partial charge in [0, 0.05) is 34.8 Å². The summed E-state index contributed by atoms with van der Waals surface area (Å²) in [6.07, 6.45) is 3.12. The molecule has 0 aliphatic rings. The zero-order valence-corrected chi connectivity index (χ0v) is 14.1. The number of aromatic amines is 1. The van der Waals surface area contributed by atoms with Crippen molar-refractivity contribution in [3.05, 3.63) is 28.2 Å². The maximum absolute atomic E-state index is 12.0. The molecule has 1 rings (SSSR count). The van der Waals surface area contributed by atoms with Crippen LogP contribution < -0.4 is 15.5 Å². The Morgan fingerprint density at radius 1 is 1.45 bits per heavy atom. The summed E-state index contributed by atoms with van der Waals surface area (Å²) >= 11 is 0. The van der Waals surface area contributed by atoms with Crippen molar-refractivity contribution in [3.63, 3.8) is 0 Å². The number of carbonyl (C=O) groups excluding carboxylic acids is 1. The van der Waals surface area contributed by atoms with Crippen molar-refractivity contribution in [2.75, 3.05) is 12.4 Å². The van der Waals surface area contributed by atoms with E-state index in [9.17, 15) is 13.8 Å². The zero-order chi connectivity index (χ0) is 16.5.